The molecule has 2 N–H and O–H groups in total. The Morgan fingerprint density at radius 2 is 1.97 bits per heavy atom. The number of likely N-dealkylation sites (N-methyl/N-ethyl adjacent to an activating group) is 1. The molecule has 0 spiro atoms. The summed E-state index contributed by atoms with van der Waals surface area (Å²) in [7, 11) is 5.78. The first-order chi connectivity index (χ1) is 16.1. The van der Waals surface area contributed by atoms with Crippen LogP contribution in [0.5, 0.6) is 5.75 Å². The summed E-state index contributed by atoms with van der Waals surface area (Å²) in [6.07, 6.45) is 4.99. The van der Waals surface area contributed by atoms with Crippen molar-refractivity contribution in [1.82, 2.24) is 30.0 Å². The molecule has 0 amide bonds. The molecule has 0 bridgehead atoms. The van der Waals surface area contributed by atoms with Gasteiger partial charge in [-0.3, -0.25) is 5.43 Å². The van der Waals surface area contributed by atoms with Crippen molar-refractivity contribution in [3.63, 3.8) is 0 Å². The maximum absolute atomic E-state index is 5.31. The summed E-state index contributed by atoms with van der Waals surface area (Å²) in [6, 6.07) is 16.0. The largest absolute Gasteiger partial charge is 0.497 e. The third-order valence-electron chi connectivity index (χ3n) is 5.09. The first-order valence-corrected chi connectivity index (χ1v) is 10.7. The van der Waals surface area contributed by atoms with Gasteiger partial charge < -0.3 is 15.0 Å². The molecule has 0 saturated carbocycles. The number of fused-ring (bicyclic) bond motifs is 1. The number of benzene rings is 2. The number of ether oxygens (including phenoxy) is 1. The lowest BCUT2D eigenvalue weighted by atomic mass is 10.1. The number of aromatic nitrogens is 4. The summed E-state index contributed by atoms with van der Waals surface area (Å²) in [6.45, 7) is 2.83. The van der Waals surface area contributed by atoms with Gasteiger partial charge in [0.2, 0.25) is 0 Å². The first-order valence-electron chi connectivity index (χ1n) is 10.7. The SMILES string of the molecule is COc1cccc(-n2ncc3c(NN=Cc4ccc(CNCCN(C)C)cc4)ncnc32)c1. The molecular weight excluding hydrogens is 416 g/mol. The van der Waals surface area contributed by atoms with Crippen molar-refractivity contribution >= 4 is 23.1 Å². The van der Waals surface area contributed by atoms with E-state index in [4.69, 9.17) is 4.74 Å². The van der Waals surface area contributed by atoms with Crippen molar-refractivity contribution in [3.8, 4) is 11.4 Å². The highest BCUT2D eigenvalue weighted by Gasteiger charge is 2.11. The highest BCUT2D eigenvalue weighted by Crippen LogP contribution is 2.23. The molecule has 33 heavy (non-hydrogen) atoms. The van der Waals surface area contributed by atoms with Gasteiger partial charge in [-0.25, -0.2) is 14.6 Å². The Morgan fingerprint density at radius 1 is 1.12 bits per heavy atom. The Hall–Kier alpha value is -3.82. The molecule has 2 aromatic carbocycles. The number of nitrogens with zero attached hydrogens (tertiary/aromatic N) is 6. The molecule has 9 heteroatoms. The molecule has 0 aliphatic carbocycles. The van der Waals surface area contributed by atoms with Crippen LogP contribution in [0, 0.1) is 0 Å². The molecule has 2 heterocycles. The summed E-state index contributed by atoms with van der Waals surface area (Å²) in [5.74, 6) is 1.34. The van der Waals surface area contributed by atoms with E-state index in [0.717, 1.165) is 42.0 Å². The van der Waals surface area contributed by atoms with Crippen LogP contribution in [0.4, 0.5) is 5.82 Å². The Labute approximate surface area is 193 Å². The zero-order chi connectivity index (χ0) is 23.0. The van der Waals surface area contributed by atoms with Crippen LogP contribution in [0.15, 0.2) is 66.2 Å². The van der Waals surface area contributed by atoms with Gasteiger partial charge in [0.05, 0.1) is 30.6 Å². The van der Waals surface area contributed by atoms with E-state index in [-0.39, 0.29) is 0 Å². The van der Waals surface area contributed by atoms with E-state index in [1.807, 2.05) is 36.4 Å². The minimum absolute atomic E-state index is 0.590. The van der Waals surface area contributed by atoms with Crippen LogP contribution in [0.2, 0.25) is 0 Å². The van der Waals surface area contributed by atoms with Gasteiger partial charge in [0.1, 0.15) is 12.1 Å². The van der Waals surface area contributed by atoms with E-state index in [1.165, 1.54) is 11.9 Å². The fraction of sp³-hybridized carbons (Fsp3) is 0.250. The summed E-state index contributed by atoms with van der Waals surface area (Å²) in [5.41, 5.74) is 6.79. The standard InChI is InChI=1S/C24H28N8O/c1-31(2)12-11-25-14-18-7-9-19(10-8-18)15-28-30-23-22-16-29-32(24(22)27-17-26-23)20-5-4-6-21(13-20)33-3/h4-10,13,15-17,25H,11-12,14H2,1-3H3,(H,26,27,30). The van der Waals surface area contributed by atoms with Crippen molar-refractivity contribution in [3.05, 3.63) is 72.2 Å². The van der Waals surface area contributed by atoms with Crippen molar-refractivity contribution in [2.24, 2.45) is 5.10 Å². The van der Waals surface area contributed by atoms with E-state index in [1.54, 1.807) is 24.2 Å². The monoisotopic (exact) mass is 444 g/mol. The summed E-state index contributed by atoms with van der Waals surface area (Å²) in [5, 5.41) is 13.0. The minimum Gasteiger partial charge on any atom is -0.497 e. The minimum atomic E-state index is 0.590. The molecule has 170 valence electrons. The van der Waals surface area contributed by atoms with Crippen LogP contribution in [0.3, 0.4) is 0 Å². The molecule has 0 radical (unpaired) electrons. The van der Waals surface area contributed by atoms with Gasteiger partial charge in [-0.1, -0.05) is 30.3 Å². The normalized spacial score (nSPS) is 11.5. The molecule has 2 aromatic heterocycles. The smallest absolute Gasteiger partial charge is 0.168 e. The van der Waals surface area contributed by atoms with Crippen LogP contribution < -0.4 is 15.5 Å². The quantitative estimate of drug-likeness (QED) is 0.221. The number of nitrogens with one attached hydrogen (secondary N) is 2. The lowest BCUT2D eigenvalue weighted by Crippen LogP contribution is -2.26. The maximum atomic E-state index is 5.31. The molecule has 0 fully saturated rings. The zero-order valence-electron chi connectivity index (χ0n) is 19.1. The van der Waals surface area contributed by atoms with Gasteiger partial charge in [0, 0.05) is 25.7 Å². The van der Waals surface area contributed by atoms with Crippen molar-refractivity contribution in [2.45, 2.75) is 6.54 Å². The highest BCUT2D eigenvalue weighted by molar-refractivity contribution is 5.88. The van der Waals surface area contributed by atoms with Crippen molar-refractivity contribution < 1.29 is 4.74 Å². The van der Waals surface area contributed by atoms with Crippen LogP contribution in [0.25, 0.3) is 16.7 Å². The predicted molar refractivity (Wildman–Crippen MR) is 131 cm³/mol. The molecule has 0 aliphatic rings. The number of hydrogen-bond acceptors (Lipinski definition) is 8. The number of rotatable bonds is 10. The first kappa shape index (κ1) is 22.4. The van der Waals surface area contributed by atoms with Crippen molar-refractivity contribution in [2.75, 3.05) is 39.7 Å². The van der Waals surface area contributed by atoms with E-state index < -0.39 is 0 Å². The second-order valence-corrected chi connectivity index (χ2v) is 7.81. The van der Waals surface area contributed by atoms with Crippen LogP contribution >= 0.6 is 0 Å². The van der Waals surface area contributed by atoms with Gasteiger partial charge in [-0.05, 0) is 37.4 Å². The van der Waals surface area contributed by atoms with Gasteiger partial charge in [0.15, 0.2) is 11.5 Å². The Morgan fingerprint density at radius 3 is 2.76 bits per heavy atom. The second-order valence-electron chi connectivity index (χ2n) is 7.81. The van der Waals surface area contributed by atoms with Gasteiger partial charge in [-0.15, -0.1) is 0 Å². The van der Waals surface area contributed by atoms with E-state index in [0.29, 0.717) is 11.5 Å². The van der Waals surface area contributed by atoms with Crippen LogP contribution in [0.1, 0.15) is 11.1 Å². The van der Waals surface area contributed by atoms with Crippen molar-refractivity contribution in [1.29, 1.82) is 0 Å². The Bertz CT molecular complexity index is 1220. The molecule has 0 aliphatic heterocycles. The Balaban J connectivity index is 1.42. The number of anilines is 1. The Kier molecular flexibility index (Phi) is 7.23. The third kappa shape index (κ3) is 5.71. The summed E-state index contributed by atoms with van der Waals surface area (Å²) >= 11 is 0. The molecule has 4 aromatic rings. The second kappa shape index (κ2) is 10.7. The lowest BCUT2D eigenvalue weighted by molar-refractivity contribution is 0.400. The number of hydrogen-bond donors (Lipinski definition) is 2. The fourth-order valence-corrected chi connectivity index (χ4v) is 3.29. The lowest BCUT2D eigenvalue weighted by Gasteiger charge is -2.10. The number of methoxy groups -OCH3 is 1. The zero-order valence-corrected chi connectivity index (χ0v) is 19.1. The molecule has 0 unspecified atom stereocenters. The van der Waals surface area contributed by atoms with Gasteiger partial charge in [0.25, 0.3) is 0 Å². The molecule has 0 saturated heterocycles. The maximum Gasteiger partial charge on any atom is 0.168 e. The number of hydrazone groups is 1. The predicted octanol–water partition coefficient (Wildman–Crippen LogP) is 2.92. The average molecular weight is 445 g/mol. The third-order valence-corrected chi connectivity index (χ3v) is 5.09. The van der Waals surface area contributed by atoms with E-state index >= 15 is 0 Å². The van der Waals surface area contributed by atoms with E-state index in [9.17, 15) is 0 Å². The topological polar surface area (TPSA) is 92.5 Å². The molecule has 9 nitrogen and oxygen atoms in total. The summed E-state index contributed by atoms with van der Waals surface area (Å²) < 4.78 is 7.06. The van der Waals surface area contributed by atoms with E-state index in [2.05, 4.69) is 62.0 Å². The summed E-state index contributed by atoms with van der Waals surface area (Å²) in [4.78, 5) is 10.9. The van der Waals surface area contributed by atoms with Gasteiger partial charge in [-0.2, -0.15) is 10.2 Å². The molecule has 4 rings (SSSR count). The van der Waals surface area contributed by atoms with Crippen LogP contribution in [-0.4, -0.2) is 65.2 Å². The van der Waals surface area contributed by atoms with Gasteiger partial charge >= 0.3 is 0 Å². The fourth-order valence-electron chi connectivity index (χ4n) is 3.29. The highest BCUT2D eigenvalue weighted by atomic mass is 16.5. The molecule has 0 atom stereocenters. The molecular formula is C24H28N8O. The average Bonchev–Trinajstić information content (AvgIpc) is 3.28. The van der Waals surface area contributed by atoms with Crippen LogP contribution in [-0.2, 0) is 6.54 Å².